The van der Waals surface area contributed by atoms with Crippen LogP contribution in [-0.4, -0.2) is 145 Å². The summed E-state index contributed by atoms with van der Waals surface area (Å²) in [7, 11) is 0. The van der Waals surface area contributed by atoms with E-state index in [4.69, 9.17) is 42.1 Å². The lowest BCUT2D eigenvalue weighted by Crippen LogP contribution is -2.41. The van der Waals surface area contributed by atoms with E-state index < -0.39 is 30.7 Å². The van der Waals surface area contributed by atoms with E-state index in [0.717, 1.165) is 38.8 Å². The predicted octanol–water partition coefficient (Wildman–Crippen LogP) is 7.77. The van der Waals surface area contributed by atoms with Gasteiger partial charge in [-0.1, -0.05) is 23.2 Å². The average Bonchev–Trinajstić information content (AvgIpc) is 4.02. The van der Waals surface area contributed by atoms with Crippen molar-refractivity contribution >= 4 is 46.8 Å². The number of carbonyl (C=O) groups is 4. The van der Waals surface area contributed by atoms with Crippen molar-refractivity contribution in [3.63, 3.8) is 0 Å². The topological polar surface area (TPSA) is 214 Å². The number of piperidine rings is 2. The molecule has 4 aliphatic heterocycles. The molecule has 0 spiro atoms. The Morgan fingerprint density at radius 1 is 0.740 bits per heavy atom. The predicted molar refractivity (Wildman–Crippen MR) is 274 cm³/mol. The van der Waals surface area contributed by atoms with E-state index >= 15 is 0 Å². The summed E-state index contributed by atoms with van der Waals surface area (Å²) < 4.78 is 83.4. The molecule has 2 amide bonds. The van der Waals surface area contributed by atoms with Crippen LogP contribution in [0.3, 0.4) is 0 Å². The second kappa shape index (κ2) is 26.0. The van der Waals surface area contributed by atoms with Crippen molar-refractivity contribution < 1.29 is 60.8 Å². The zero-order valence-corrected chi connectivity index (χ0v) is 44.8. The van der Waals surface area contributed by atoms with Crippen LogP contribution in [0.25, 0.3) is 0 Å². The molecular formula is C53H67Cl2F4N9O9. The molecule has 4 fully saturated rings. The number of fused-ring (bicyclic) bond motifs is 2. The largest absolute Gasteiger partial charge is 0.476 e. The third-order valence-electron chi connectivity index (χ3n) is 14.7. The Hall–Kier alpha value is -5.42. The van der Waals surface area contributed by atoms with Gasteiger partial charge in [-0.2, -0.15) is 10.2 Å². The molecule has 6 aliphatic rings. The van der Waals surface area contributed by atoms with E-state index in [1.165, 1.54) is 17.1 Å². The van der Waals surface area contributed by atoms with Gasteiger partial charge in [-0.25, -0.2) is 32.3 Å². The van der Waals surface area contributed by atoms with Gasteiger partial charge in [0.05, 0.1) is 48.6 Å². The molecule has 3 N–H and O–H groups in total. The normalized spacial score (nSPS) is 23.1. The van der Waals surface area contributed by atoms with Crippen LogP contribution in [0.4, 0.5) is 17.6 Å². The van der Waals surface area contributed by atoms with Crippen LogP contribution < -0.4 is 20.1 Å². The molecule has 4 atom stereocenters. The molecule has 4 saturated heterocycles. The highest BCUT2D eigenvalue weighted by Gasteiger charge is 2.42. The van der Waals surface area contributed by atoms with Crippen LogP contribution in [0.1, 0.15) is 128 Å². The lowest BCUT2D eigenvalue weighted by Gasteiger charge is -2.31. The summed E-state index contributed by atoms with van der Waals surface area (Å²) in [6.45, 7) is 7.82. The number of rotatable bonds is 13. The summed E-state index contributed by atoms with van der Waals surface area (Å²) in [4.78, 5) is 57.0. The number of aromatic nitrogens is 6. The number of ketones is 1. The van der Waals surface area contributed by atoms with Crippen LogP contribution in [-0.2, 0) is 57.8 Å². The Balaban J connectivity index is 0.000000177. The Morgan fingerprint density at radius 2 is 1.23 bits per heavy atom. The molecule has 0 saturated carbocycles. The Bertz CT molecular complexity index is 2660. The van der Waals surface area contributed by atoms with Gasteiger partial charge in [0.1, 0.15) is 18.0 Å². The number of nitrogens with one attached hydrogen (secondary N) is 2. The molecule has 4 aromatic rings. The first-order valence-electron chi connectivity index (χ1n) is 26.5. The van der Waals surface area contributed by atoms with E-state index in [-0.39, 0.29) is 97.1 Å². The number of halogens is 6. The number of Topliss-reactive ketones (excluding diaryl/α,β-unsaturated/α-hetero) is 1. The molecule has 77 heavy (non-hydrogen) atoms. The maximum absolute atomic E-state index is 14.4. The number of carbonyl (C=O) groups excluding carboxylic acids is 3. The molecule has 2 unspecified atom stereocenters. The Morgan fingerprint density at radius 3 is 1.69 bits per heavy atom. The number of nitrogens with zero attached hydrogens (tertiary/aromatic N) is 7. The second-order valence-electron chi connectivity index (χ2n) is 20.8. The highest BCUT2D eigenvalue weighted by atomic mass is 35.5. The molecule has 24 heteroatoms. The lowest BCUT2D eigenvalue weighted by molar-refractivity contribution is -0.120. The maximum Gasteiger partial charge on any atom is 0.356 e. The van der Waals surface area contributed by atoms with Crippen molar-refractivity contribution in [2.75, 3.05) is 39.4 Å². The summed E-state index contributed by atoms with van der Waals surface area (Å²) in [5.74, 6) is -5.93. The number of likely N-dealkylation sites (tertiary alicyclic amines) is 1. The fraction of sp³-hybridized carbons (Fsp3) is 0.623. The average molecular weight is 1120 g/mol. The van der Waals surface area contributed by atoms with Crippen molar-refractivity contribution in [2.24, 2.45) is 5.92 Å². The minimum absolute atomic E-state index is 0.0873. The first kappa shape index (κ1) is 57.7. The van der Waals surface area contributed by atoms with Crippen molar-refractivity contribution in [3.8, 4) is 11.8 Å². The van der Waals surface area contributed by atoms with Crippen molar-refractivity contribution in [2.45, 2.75) is 166 Å². The molecule has 18 nitrogen and oxygen atoms in total. The molecule has 4 aromatic heterocycles. The summed E-state index contributed by atoms with van der Waals surface area (Å²) in [6, 6.07) is 7.24. The first-order chi connectivity index (χ1) is 36.8. The van der Waals surface area contributed by atoms with Crippen molar-refractivity contribution in [3.05, 3.63) is 80.6 Å². The minimum atomic E-state index is -2.91. The van der Waals surface area contributed by atoms with Crippen molar-refractivity contribution in [1.29, 1.82) is 0 Å². The van der Waals surface area contributed by atoms with Gasteiger partial charge in [0.2, 0.25) is 17.7 Å². The molecule has 420 valence electrons. The van der Waals surface area contributed by atoms with Crippen LogP contribution in [0, 0.1) is 5.92 Å². The molecule has 0 aromatic carbocycles. The highest BCUT2D eigenvalue weighted by Crippen LogP contribution is 2.38. The number of hydrogen-bond acceptors (Lipinski definition) is 13. The van der Waals surface area contributed by atoms with Gasteiger partial charge in [-0.3, -0.25) is 19.0 Å². The fourth-order valence-corrected chi connectivity index (χ4v) is 11.1. The third kappa shape index (κ3) is 16.3. The van der Waals surface area contributed by atoms with Crippen molar-refractivity contribution in [1.82, 2.24) is 45.1 Å². The number of pyridine rings is 2. The number of ether oxygens (including phenoxy) is 4. The van der Waals surface area contributed by atoms with Gasteiger partial charge in [0, 0.05) is 131 Å². The molecule has 2 aliphatic carbocycles. The minimum Gasteiger partial charge on any atom is -0.476 e. The zero-order chi connectivity index (χ0) is 54.9. The summed E-state index contributed by atoms with van der Waals surface area (Å²) in [5.41, 5.74) is 1.55. The molecule has 0 radical (unpaired) electrons. The van der Waals surface area contributed by atoms with Crippen LogP contribution >= 0.6 is 23.2 Å². The summed E-state index contributed by atoms with van der Waals surface area (Å²) >= 11 is 11.7. The van der Waals surface area contributed by atoms with E-state index in [2.05, 4.69) is 30.8 Å². The number of aromatic carboxylic acids is 1. The van der Waals surface area contributed by atoms with Gasteiger partial charge in [-0.05, 0) is 76.6 Å². The molecule has 0 bridgehead atoms. The van der Waals surface area contributed by atoms with Gasteiger partial charge < -0.3 is 44.4 Å². The third-order valence-corrected chi connectivity index (χ3v) is 15.1. The van der Waals surface area contributed by atoms with Gasteiger partial charge in [0.15, 0.2) is 11.4 Å². The molecule has 10 rings (SSSR count). The van der Waals surface area contributed by atoms with Gasteiger partial charge in [-0.15, -0.1) is 0 Å². The Labute approximate surface area is 454 Å². The van der Waals surface area contributed by atoms with E-state index in [1.54, 1.807) is 47.7 Å². The molecular weight excluding hydrogens is 1050 g/mol. The van der Waals surface area contributed by atoms with E-state index in [1.807, 2.05) is 0 Å². The SMILES string of the molecule is CC(=O)CC1CCN(C(=O)c2nn(CC3C[C@@H](Oc4ccc(Cl)cn4)CCO3)c3c2CC(F)(F)CC3)CC1.CC(=O)NC1CCNCC1.O=C(O)c1nn(CC2C[C@@H](Oc3ccc(Cl)cn3)CCO2)c2c1CC(F)(F)CC2. The number of alkyl halides is 4. The standard InChI is InChI=1S/C27H33ClF2N4O4.C19H20ClF2N3O4.C7H14N2O/c1-17(35)12-18-5-9-33(10-6-18)26(36)25-22-14-27(29,30)8-4-23(22)34(32-25)16-21-13-20(7-11-37-21)38-24-3-2-19(28)15-31-24;20-11-1-2-16(23-9-11)29-12-4-6-28-13(7-12)10-25-15-3-5-19(21,22)8-14(15)17(24-25)18(26)27;1-6(10)9-7-2-4-8-5-3-7/h2-3,15,18,20-21H,4-14,16H2,1H3;1-2,9,12-13H,3-8,10H2,(H,26,27);7-8H,2-5H2,1H3,(H,9,10)/t20-,21?;12-,13?;/m00./s1. The lowest BCUT2D eigenvalue weighted by atomic mass is 9.90. The fourth-order valence-electron chi connectivity index (χ4n) is 10.8. The smallest absolute Gasteiger partial charge is 0.356 e. The molecule has 8 heterocycles. The first-order valence-corrected chi connectivity index (χ1v) is 27.2. The number of carboxylic acid groups (broad SMARTS) is 1. The van der Waals surface area contributed by atoms with Crippen LogP contribution in [0.15, 0.2) is 36.7 Å². The number of amides is 2. The van der Waals surface area contributed by atoms with E-state index in [0.29, 0.717) is 110 Å². The van der Waals surface area contributed by atoms with Crippen LogP contribution in [0.5, 0.6) is 11.8 Å². The highest BCUT2D eigenvalue weighted by molar-refractivity contribution is 6.30. The zero-order valence-electron chi connectivity index (χ0n) is 43.3. The van der Waals surface area contributed by atoms with Gasteiger partial charge >= 0.3 is 5.97 Å². The number of carboxylic acids is 1. The maximum atomic E-state index is 14.4. The number of hydrogen-bond donors (Lipinski definition) is 3. The van der Waals surface area contributed by atoms with Crippen LogP contribution in [0.2, 0.25) is 10.0 Å². The quantitative estimate of drug-likeness (QED) is 0.109. The Kier molecular flexibility index (Phi) is 19.5. The summed E-state index contributed by atoms with van der Waals surface area (Å²) in [6.07, 6.45) is 7.50. The summed E-state index contributed by atoms with van der Waals surface area (Å²) in [5, 5.41) is 25.3. The van der Waals surface area contributed by atoms with Gasteiger partial charge in [0.25, 0.3) is 17.8 Å². The van der Waals surface area contributed by atoms with E-state index in [9.17, 15) is 41.8 Å². The monoisotopic (exact) mass is 1120 g/mol. The second-order valence-corrected chi connectivity index (χ2v) is 21.7.